The van der Waals surface area contributed by atoms with E-state index in [0.717, 1.165) is 39.0 Å². The molecule has 1 amide bonds. The van der Waals surface area contributed by atoms with Crippen molar-refractivity contribution in [1.29, 1.82) is 0 Å². The molecule has 1 fully saturated rings. The minimum Gasteiger partial charge on any atom is -0.444 e. The Morgan fingerprint density at radius 2 is 2.11 bits per heavy atom. The molecule has 1 aliphatic rings. The van der Waals surface area contributed by atoms with E-state index in [0.29, 0.717) is 5.92 Å². The predicted octanol–water partition coefficient (Wildman–Crippen LogP) is 4.04. The van der Waals surface area contributed by atoms with Gasteiger partial charge in [-0.05, 0) is 46.0 Å². The first-order valence-corrected chi connectivity index (χ1v) is 9.59. The van der Waals surface area contributed by atoms with E-state index in [-0.39, 0.29) is 6.09 Å². The summed E-state index contributed by atoms with van der Waals surface area (Å²) in [6.45, 7) is 8.04. The summed E-state index contributed by atoms with van der Waals surface area (Å²) in [4.78, 5) is 13.8. The van der Waals surface area contributed by atoms with Crippen molar-refractivity contribution < 1.29 is 13.7 Å². The number of ether oxygens (including phenoxy) is 1. The van der Waals surface area contributed by atoms with Crippen LogP contribution in [-0.2, 0) is 8.92 Å². The molecule has 1 atom stereocenters. The van der Waals surface area contributed by atoms with Gasteiger partial charge >= 0.3 is 6.09 Å². The van der Waals surface area contributed by atoms with Gasteiger partial charge in [0.05, 0.1) is 15.8 Å². The van der Waals surface area contributed by atoms with Gasteiger partial charge in [-0.2, -0.15) is 0 Å². The van der Waals surface area contributed by atoms with Crippen molar-refractivity contribution in [2.24, 2.45) is 5.92 Å². The molecule has 4 nitrogen and oxygen atoms in total. The Bertz CT molecular complexity index is 271. The summed E-state index contributed by atoms with van der Waals surface area (Å²) in [6.07, 6.45) is 2.96. The predicted molar refractivity (Wildman–Crippen MR) is 82.7 cm³/mol. The molecule has 6 heteroatoms. The number of hydrogen-bond donors (Lipinski definition) is 0. The maximum absolute atomic E-state index is 12.0. The molecule has 18 heavy (non-hydrogen) atoms. The highest BCUT2D eigenvalue weighted by Gasteiger charge is 2.25. The van der Waals surface area contributed by atoms with E-state index in [2.05, 4.69) is 21.2 Å². The van der Waals surface area contributed by atoms with Gasteiger partial charge in [0.25, 0.3) is 0 Å². The zero-order valence-corrected chi connectivity index (χ0v) is 14.3. The molecule has 0 aromatic rings. The highest BCUT2D eigenvalue weighted by atomic mass is 127. The number of carbonyl (C=O) groups is 1. The Morgan fingerprint density at radius 1 is 1.39 bits per heavy atom. The Balaban J connectivity index is 2.39. The van der Waals surface area contributed by atoms with Crippen molar-refractivity contribution in [3.63, 3.8) is 0 Å². The van der Waals surface area contributed by atoms with E-state index >= 15 is 0 Å². The number of likely N-dealkylation sites (tertiary alicyclic amines) is 1. The summed E-state index contributed by atoms with van der Waals surface area (Å²) < 4.78 is 10.8. The fourth-order valence-corrected chi connectivity index (χ4v) is 2.65. The molecule has 0 aliphatic carbocycles. The normalized spacial score (nSPS) is 21.6. The molecule has 1 heterocycles. The molecular weight excluding hydrogens is 365 g/mol. The molecule has 0 aromatic carbocycles. The molecule has 0 saturated carbocycles. The lowest BCUT2D eigenvalue weighted by molar-refractivity contribution is 0.0254. The average molecular weight is 387 g/mol. The number of nitrogens with zero attached hydrogens (tertiary/aromatic N) is 1. The maximum atomic E-state index is 12.0. The van der Waals surface area contributed by atoms with Crippen LogP contribution in [-0.4, -0.2) is 36.3 Å². The van der Waals surface area contributed by atoms with Gasteiger partial charge in [0.15, 0.2) is 0 Å². The molecule has 1 unspecified atom stereocenters. The van der Waals surface area contributed by atoms with E-state index in [9.17, 15) is 4.79 Å². The summed E-state index contributed by atoms with van der Waals surface area (Å²) in [7, 11) is 1.38. The van der Waals surface area contributed by atoms with Crippen LogP contribution >= 0.6 is 30.4 Å². The van der Waals surface area contributed by atoms with Gasteiger partial charge in [-0.15, -0.1) is 0 Å². The number of amides is 1. The van der Waals surface area contributed by atoms with Crippen LogP contribution in [0.5, 0.6) is 0 Å². The first-order valence-electron chi connectivity index (χ1n) is 6.30. The molecule has 1 rings (SSSR count). The second-order valence-corrected chi connectivity index (χ2v) is 7.05. The second-order valence-electron chi connectivity index (χ2n) is 5.61. The minimum absolute atomic E-state index is 0.188. The first-order chi connectivity index (χ1) is 8.42. The van der Waals surface area contributed by atoms with Crippen LogP contribution in [0.4, 0.5) is 4.79 Å². The molecule has 106 valence electrons. The van der Waals surface area contributed by atoms with Crippen molar-refractivity contribution in [2.75, 3.05) is 19.7 Å². The van der Waals surface area contributed by atoms with Crippen LogP contribution in [0.1, 0.15) is 40.0 Å². The lowest BCUT2D eigenvalue weighted by Crippen LogP contribution is -2.37. The Hall–Kier alpha value is 0.310. The monoisotopic (exact) mass is 387 g/mol. The fourth-order valence-electron chi connectivity index (χ4n) is 1.96. The summed E-state index contributed by atoms with van der Waals surface area (Å²) in [5.74, 6) is 0.555. The number of halogens is 1. The standard InChI is InChI=1S/C12H22INO3S/c1-12(2,3)17-11(15)14-7-4-5-10(6-8-14)9-16-18-13/h10H,4-9H2,1-3H3. The van der Waals surface area contributed by atoms with Gasteiger partial charge in [-0.25, -0.2) is 4.79 Å². The fraction of sp³-hybridized carbons (Fsp3) is 0.917. The number of carbonyl (C=O) groups excluding carboxylic acids is 1. The van der Waals surface area contributed by atoms with Crippen molar-refractivity contribution in [1.82, 2.24) is 4.90 Å². The summed E-state index contributed by atoms with van der Waals surface area (Å²) in [5, 5.41) is 0. The van der Waals surface area contributed by atoms with Crippen LogP contribution in [0.3, 0.4) is 0 Å². The van der Waals surface area contributed by atoms with Crippen LogP contribution < -0.4 is 0 Å². The Morgan fingerprint density at radius 3 is 2.72 bits per heavy atom. The lowest BCUT2D eigenvalue weighted by Gasteiger charge is -2.26. The highest BCUT2D eigenvalue weighted by molar-refractivity contribution is 14.2. The second kappa shape index (κ2) is 7.79. The van der Waals surface area contributed by atoms with Crippen LogP contribution in [0.25, 0.3) is 0 Å². The van der Waals surface area contributed by atoms with E-state index in [1.165, 1.54) is 9.21 Å². The van der Waals surface area contributed by atoms with Gasteiger partial charge in [-0.3, -0.25) is 0 Å². The quantitative estimate of drug-likeness (QED) is 0.541. The molecule has 0 aromatic heterocycles. The van der Waals surface area contributed by atoms with E-state index < -0.39 is 5.60 Å². The van der Waals surface area contributed by atoms with Gasteiger partial charge in [0, 0.05) is 34.3 Å². The smallest absolute Gasteiger partial charge is 0.410 e. The van der Waals surface area contributed by atoms with Crippen LogP contribution in [0, 0.1) is 5.92 Å². The zero-order valence-electron chi connectivity index (χ0n) is 11.3. The third kappa shape index (κ3) is 6.47. The van der Waals surface area contributed by atoms with Gasteiger partial charge in [0.1, 0.15) is 5.60 Å². The van der Waals surface area contributed by atoms with Crippen molar-refractivity contribution in [2.45, 2.75) is 45.6 Å². The molecule has 1 aliphatic heterocycles. The Kier molecular flexibility index (Phi) is 7.08. The molecule has 0 bridgehead atoms. The number of hydrogen-bond acceptors (Lipinski definition) is 4. The third-order valence-corrected chi connectivity index (χ3v) is 3.84. The van der Waals surface area contributed by atoms with Crippen LogP contribution in [0.15, 0.2) is 0 Å². The maximum Gasteiger partial charge on any atom is 0.410 e. The van der Waals surface area contributed by atoms with Crippen molar-refractivity contribution in [3.8, 4) is 0 Å². The zero-order chi connectivity index (χ0) is 13.6. The lowest BCUT2D eigenvalue weighted by atomic mass is 10.0. The molecule has 0 N–H and O–H groups in total. The van der Waals surface area contributed by atoms with E-state index in [1.54, 1.807) is 0 Å². The van der Waals surface area contributed by atoms with Crippen molar-refractivity contribution in [3.05, 3.63) is 0 Å². The van der Waals surface area contributed by atoms with Gasteiger partial charge < -0.3 is 13.8 Å². The number of rotatable bonds is 3. The molecular formula is C12H22INO3S. The average Bonchev–Trinajstić information content (AvgIpc) is 2.49. The third-order valence-electron chi connectivity index (χ3n) is 2.85. The topological polar surface area (TPSA) is 38.8 Å². The highest BCUT2D eigenvalue weighted by Crippen LogP contribution is 2.22. The summed E-state index contributed by atoms with van der Waals surface area (Å²) in [6, 6.07) is 0. The van der Waals surface area contributed by atoms with E-state index in [1.807, 2.05) is 25.7 Å². The SMILES string of the molecule is CC(C)(C)OC(=O)N1CCCC(COSI)CC1. The molecule has 0 radical (unpaired) electrons. The van der Waals surface area contributed by atoms with Crippen molar-refractivity contribution >= 4 is 36.5 Å². The minimum atomic E-state index is -0.413. The molecule has 1 saturated heterocycles. The first kappa shape index (κ1) is 16.4. The summed E-state index contributed by atoms with van der Waals surface area (Å²) >= 11 is 2.13. The largest absolute Gasteiger partial charge is 0.444 e. The summed E-state index contributed by atoms with van der Waals surface area (Å²) in [5.41, 5.74) is -0.413. The Labute approximate surface area is 126 Å². The van der Waals surface area contributed by atoms with E-state index in [4.69, 9.17) is 8.92 Å². The van der Waals surface area contributed by atoms with Gasteiger partial charge in [-0.1, -0.05) is 0 Å². The van der Waals surface area contributed by atoms with Crippen LogP contribution in [0.2, 0.25) is 0 Å². The van der Waals surface area contributed by atoms with Gasteiger partial charge in [0.2, 0.25) is 0 Å². The molecule has 0 spiro atoms.